The zero-order valence-electron chi connectivity index (χ0n) is 10.9. The highest BCUT2D eigenvalue weighted by Crippen LogP contribution is 2.33. The highest BCUT2D eigenvalue weighted by molar-refractivity contribution is 7.89. The molecule has 1 aliphatic rings. The molecule has 1 heterocycles. The molecule has 7 heteroatoms. The number of carbonyl (C=O) groups excluding carboxylic acids is 1. The van der Waals surface area contributed by atoms with Crippen molar-refractivity contribution in [3.05, 3.63) is 54.1 Å². The van der Waals surface area contributed by atoms with E-state index in [1.807, 2.05) is 30.3 Å². The molecule has 0 aromatic heterocycles. The van der Waals surface area contributed by atoms with Gasteiger partial charge in [-0.3, -0.25) is 4.79 Å². The Balaban J connectivity index is 1.98. The molecule has 2 aromatic carbocycles. The predicted molar refractivity (Wildman–Crippen MR) is 79.3 cm³/mol. The van der Waals surface area contributed by atoms with Crippen molar-refractivity contribution in [1.29, 1.82) is 0 Å². The Hall–Kier alpha value is -2.38. The standard InChI is InChI=1S/C14H13N3O3S/c15-21(19,20)10-6-7-11-12(8-10)17-14(18)13(16-11)9-4-2-1-3-5-9/h1-8,13,16H,(H,17,18)(H2,15,19,20)/t13-/m1/s1. The normalized spacial score (nSPS) is 17.6. The van der Waals surface area contributed by atoms with Crippen molar-refractivity contribution in [1.82, 2.24) is 0 Å². The van der Waals surface area contributed by atoms with E-state index in [2.05, 4.69) is 10.6 Å². The SMILES string of the molecule is NS(=O)(=O)c1ccc2c(c1)NC(=O)[C@@H](c1ccccc1)N2. The van der Waals surface area contributed by atoms with E-state index in [0.717, 1.165) is 5.56 Å². The third-order valence-electron chi connectivity index (χ3n) is 3.27. The topological polar surface area (TPSA) is 101 Å². The van der Waals surface area contributed by atoms with Crippen molar-refractivity contribution >= 4 is 27.3 Å². The fourth-order valence-electron chi connectivity index (χ4n) is 2.24. The van der Waals surface area contributed by atoms with Crippen molar-refractivity contribution < 1.29 is 13.2 Å². The minimum absolute atomic E-state index is 0.0403. The molecule has 6 nitrogen and oxygen atoms in total. The van der Waals surface area contributed by atoms with Gasteiger partial charge < -0.3 is 10.6 Å². The van der Waals surface area contributed by atoms with Crippen molar-refractivity contribution in [3.63, 3.8) is 0 Å². The average Bonchev–Trinajstić information content (AvgIpc) is 2.46. The number of nitrogens with one attached hydrogen (secondary N) is 2. The number of sulfonamides is 1. The first-order valence-corrected chi connectivity index (χ1v) is 7.79. The van der Waals surface area contributed by atoms with Gasteiger partial charge in [-0.15, -0.1) is 0 Å². The van der Waals surface area contributed by atoms with Crippen LogP contribution in [0, 0.1) is 0 Å². The lowest BCUT2D eigenvalue weighted by atomic mass is 10.0. The Kier molecular flexibility index (Phi) is 3.15. The summed E-state index contributed by atoms with van der Waals surface area (Å²) in [4.78, 5) is 12.1. The molecule has 4 N–H and O–H groups in total. The van der Waals surface area contributed by atoms with Gasteiger partial charge in [-0.1, -0.05) is 30.3 Å². The van der Waals surface area contributed by atoms with E-state index < -0.39 is 16.1 Å². The van der Waals surface area contributed by atoms with E-state index in [0.29, 0.717) is 11.4 Å². The van der Waals surface area contributed by atoms with Crippen molar-refractivity contribution in [3.8, 4) is 0 Å². The first-order valence-electron chi connectivity index (χ1n) is 6.24. The van der Waals surface area contributed by atoms with Crippen molar-refractivity contribution in [2.45, 2.75) is 10.9 Å². The lowest BCUT2D eigenvalue weighted by Crippen LogP contribution is -2.32. The molecule has 0 fully saturated rings. The third kappa shape index (κ3) is 2.61. The summed E-state index contributed by atoms with van der Waals surface area (Å²) in [5.74, 6) is -0.250. The zero-order valence-corrected chi connectivity index (χ0v) is 11.7. The Morgan fingerprint density at radius 2 is 1.71 bits per heavy atom. The van der Waals surface area contributed by atoms with Crippen LogP contribution in [-0.4, -0.2) is 14.3 Å². The number of primary sulfonamides is 1. The Morgan fingerprint density at radius 3 is 2.38 bits per heavy atom. The molecule has 0 saturated heterocycles. The van der Waals surface area contributed by atoms with E-state index in [9.17, 15) is 13.2 Å². The van der Waals surface area contributed by atoms with E-state index in [1.54, 1.807) is 6.07 Å². The second kappa shape index (κ2) is 4.87. The molecule has 1 atom stereocenters. The maximum atomic E-state index is 12.2. The fraction of sp³-hybridized carbons (Fsp3) is 0.0714. The molecule has 1 aliphatic heterocycles. The molecule has 0 radical (unpaired) electrons. The molecule has 3 rings (SSSR count). The van der Waals surface area contributed by atoms with Crippen LogP contribution in [0.1, 0.15) is 11.6 Å². The van der Waals surface area contributed by atoms with Crippen LogP contribution in [0.2, 0.25) is 0 Å². The number of fused-ring (bicyclic) bond motifs is 1. The second-order valence-electron chi connectivity index (χ2n) is 4.73. The van der Waals surface area contributed by atoms with Gasteiger partial charge >= 0.3 is 0 Å². The summed E-state index contributed by atoms with van der Waals surface area (Å²) in [6.07, 6.45) is 0. The number of hydrogen-bond acceptors (Lipinski definition) is 4. The monoisotopic (exact) mass is 303 g/mol. The molecule has 108 valence electrons. The molecule has 0 spiro atoms. The number of rotatable bonds is 2. The molecule has 0 aliphatic carbocycles. The summed E-state index contributed by atoms with van der Waals surface area (Å²) in [7, 11) is -3.80. The van der Waals surface area contributed by atoms with Gasteiger partial charge in [-0.25, -0.2) is 13.6 Å². The lowest BCUT2D eigenvalue weighted by Gasteiger charge is -2.27. The quantitative estimate of drug-likeness (QED) is 0.781. The van der Waals surface area contributed by atoms with Gasteiger partial charge in [0.1, 0.15) is 6.04 Å². The number of carbonyl (C=O) groups is 1. The maximum Gasteiger partial charge on any atom is 0.251 e. The Labute approximate surface area is 122 Å². The molecule has 0 unspecified atom stereocenters. The van der Waals surface area contributed by atoms with Crippen LogP contribution < -0.4 is 15.8 Å². The number of hydrogen-bond donors (Lipinski definition) is 3. The van der Waals surface area contributed by atoms with Gasteiger partial charge in [0.15, 0.2) is 0 Å². The maximum absolute atomic E-state index is 12.2. The van der Waals surface area contributed by atoms with Gasteiger partial charge in [-0.2, -0.15) is 0 Å². The van der Waals surface area contributed by atoms with Crippen LogP contribution in [0.25, 0.3) is 0 Å². The van der Waals surface area contributed by atoms with Crippen LogP contribution in [0.5, 0.6) is 0 Å². The smallest absolute Gasteiger partial charge is 0.251 e. The summed E-state index contributed by atoms with van der Waals surface area (Å²) in [6.45, 7) is 0. The van der Waals surface area contributed by atoms with Gasteiger partial charge in [0.05, 0.1) is 16.3 Å². The number of benzene rings is 2. The van der Waals surface area contributed by atoms with Crippen LogP contribution in [0.3, 0.4) is 0 Å². The average molecular weight is 303 g/mol. The van der Waals surface area contributed by atoms with Crippen LogP contribution >= 0.6 is 0 Å². The highest BCUT2D eigenvalue weighted by atomic mass is 32.2. The highest BCUT2D eigenvalue weighted by Gasteiger charge is 2.27. The van der Waals surface area contributed by atoms with Crippen molar-refractivity contribution in [2.24, 2.45) is 5.14 Å². The second-order valence-corrected chi connectivity index (χ2v) is 6.29. The first kappa shape index (κ1) is 13.6. The molecule has 21 heavy (non-hydrogen) atoms. The number of amides is 1. The van der Waals surface area contributed by atoms with Gasteiger partial charge in [0, 0.05) is 0 Å². The fourth-order valence-corrected chi connectivity index (χ4v) is 2.78. The summed E-state index contributed by atoms with van der Waals surface area (Å²) < 4.78 is 22.7. The summed E-state index contributed by atoms with van der Waals surface area (Å²) >= 11 is 0. The Morgan fingerprint density at radius 1 is 1.00 bits per heavy atom. The first-order chi connectivity index (χ1) is 9.95. The van der Waals surface area contributed by atoms with Gasteiger partial charge in [-0.05, 0) is 23.8 Å². The molecule has 0 bridgehead atoms. The van der Waals surface area contributed by atoms with E-state index in [1.165, 1.54) is 12.1 Å². The minimum Gasteiger partial charge on any atom is -0.368 e. The minimum atomic E-state index is -3.80. The van der Waals surface area contributed by atoms with Gasteiger partial charge in [0.25, 0.3) is 5.91 Å². The lowest BCUT2D eigenvalue weighted by molar-refractivity contribution is -0.117. The molecule has 1 amide bonds. The van der Waals surface area contributed by atoms with Crippen LogP contribution in [0.15, 0.2) is 53.4 Å². The van der Waals surface area contributed by atoms with E-state index >= 15 is 0 Å². The van der Waals surface area contributed by atoms with E-state index in [-0.39, 0.29) is 10.8 Å². The molecule has 2 aromatic rings. The summed E-state index contributed by atoms with van der Waals surface area (Å²) in [5.41, 5.74) is 1.88. The Bertz CT molecular complexity index is 803. The number of nitrogens with two attached hydrogens (primary N) is 1. The van der Waals surface area contributed by atoms with Crippen molar-refractivity contribution in [2.75, 3.05) is 10.6 Å². The van der Waals surface area contributed by atoms with Gasteiger partial charge in [0.2, 0.25) is 10.0 Å². The molecule has 0 saturated carbocycles. The molecular weight excluding hydrogens is 290 g/mol. The number of anilines is 2. The molecular formula is C14H13N3O3S. The van der Waals surface area contributed by atoms with Crippen LogP contribution in [-0.2, 0) is 14.8 Å². The van der Waals surface area contributed by atoms with Crippen LogP contribution in [0.4, 0.5) is 11.4 Å². The zero-order chi connectivity index (χ0) is 15.0. The van der Waals surface area contributed by atoms with E-state index in [4.69, 9.17) is 5.14 Å². The predicted octanol–water partition coefficient (Wildman–Crippen LogP) is 1.44. The largest absolute Gasteiger partial charge is 0.368 e. The summed E-state index contributed by atoms with van der Waals surface area (Å²) in [6, 6.07) is 13.1. The summed E-state index contributed by atoms with van der Waals surface area (Å²) in [5, 5.41) is 10.9. The third-order valence-corrected chi connectivity index (χ3v) is 4.18.